The first-order chi connectivity index (χ1) is 6.20. The van der Waals surface area contributed by atoms with E-state index in [0.29, 0.717) is 5.52 Å². The lowest BCUT2D eigenvalue weighted by Gasteiger charge is -1.93. The van der Waals surface area contributed by atoms with E-state index in [2.05, 4.69) is 4.98 Å². The van der Waals surface area contributed by atoms with Crippen molar-refractivity contribution in [2.45, 2.75) is 0 Å². The number of aromatic amines is 1. The molecule has 0 spiro atoms. The predicted molar refractivity (Wildman–Crippen MR) is 45.2 cm³/mol. The number of hydrogen-bond acceptors (Lipinski definition) is 1. The molecule has 13 heavy (non-hydrogen) atoms. The fraction of sp³-hybridized carbons (Fsp3) is 0. The van der Waals surface area contributed by atoms with E-state index >= 15 is 0 Å². The fourth-order valence-electron chi connectivity index (χ4n) is 1.31. The molecule has 0 aliphatic heterocycles. The second-order valence-electron chi connectivity index (χ2n) is 2.67. The van der Waals surface area contributed by atoms with Crippen LogP contribution < -0.4 is 0 Å². The molecule has 0 atom stereocenters. The second kappa shape index (κ2) is 2.58. The van der Waals surface area contributed by atoms with Gasteiger partial charge in [0.1, 0.15) is 5.82 Å². The van der Waals surface area contributed by atoms with E-state index in [0.717, 1.165) is 0 Å². The van der Waals surface area contributed by atoms with E-state index in [1.807, 2.05) is 0 Å². The van der Waals surface area contributed by atoms with Crippen LogP contribution in [0.5, 0.6) is 0 Å². The Bertz CT molecular complexity index is 475. The zero-order chi connectivity index (χ0) is 9.42. The van der Waals surface area contributed by atoms with Gasteiger partial charge in [-0.05, 0) is 12.1 Å². The second-order valence-corrected chi connectivity index (χ2v) is 2.67. The Morgan fingerprint density at radius 3 is 2.92 bits per heavy atom. The molecule has 66 valence electrons. The Morgan fingerprint density at radius 2 is 2.23 bits per heavy atom. The first-order valence-corrected chi connectivity index (χ1v) is 3.69. The molecule has 2 aromatic rings. The SMILES string of the molecule is O=C(O)c1c[nH]c2cccc(F)c12. The molecule has 2 N–H and O–H groups in total. The van der Waals surface area contributed by atoms with Crippen LogP contribution in [0.2, 0.25) is 0 Å². The smallest absolute Gasteiger partial charge is 0.337 e. The normalized spacial score (nSPS) is 10.5. The van der Waals surface area contributed by atoms with Gasteiger partial charge in [0.05, 0.1) is 5.56 Å². The summed E-state index contributed by atoms with van der Waals surface area (Å²) in [5.41, 5.74) is 0.463. The predicted octanol–water partition coefficient (Wildman–Crippen LogP) is 2.01. The number of carboxylic acid groups (broad SMARTS) is 1. The summed E-state index contributed by atoms with van der Waals surface area (Å²) in [6.07, 6.45) is 1.29. The van der Waals surface area contributed by atoms with Crippen LogP contribution in [-0.4, -0.2) is 16.1 Å². The molecule has 0 saturated heterocycles. The third kappa shape index (κ3) is 1.07. The van der Waals surface area contributed by atoms with E-state index in [1.54, 1.807) is 6.07 Å². The highest BCUT2D eigenvalue weighted by molar-refractivity contribution is 6.03. The van der Waals surface area contributed by atoms with Crippen molar-refractivity contribution in [1.29, 1.82) is 0 Å². The minimum absolute atomic E-state index is 0.0342. The minimum atomic E-state index is -1.13. The van der Waals surface area contributed by atoms with Crippen LogP contribution in [0.15, 0.2) is 24.4 Å². The Morgan fingerprint density at radius 1 is 1.46 bits per heavy atom. The van der Waals surface area contributed by atoms with Crippen molar-refractivity contribution in [3.63, 3.8) is 0 Å². The van der Waals surface area contributed by atoms with Gasteiger partial charge in [-0.1, -0.05) is 6.07 Å². The first kappa shape index (κ1) is 7.79. The Kier molecular flexibility index (Phi) is 1.55. The Balaban J connectivity index is 2.86. The Labute approximate surface area is 72.8 Å². The monoisotopic (exact) mass is 179 g/mol. The number of nitrogens with one attached hydrogen (secondary N) is 1. The number of carboxylic acids is 1. The molecule has 0 radical (unpaired) electrons. The number of rotatable bonds is 1. The van der Waals surface area contributed by atoms with Gasteiger partial charge in [-0.25, -0.2) is 9.18 Å². The van der Waals surface area contributed by atoms with E-state index in [4.69, 9.17) is 5.11 Å². The summed E-state index contributed by atoms with van der Waals surface area (Å²) in [5.74, 6) is -1.65. The highest BCUT2D eigenvalue weighted by Crippen LogP contribution is 2.20. The molecule has 0 unspecified atom stereocenters. The van der Waals surface area contributed by atoms with Crippen LogP contribution in [0.4, 0.5) is 4.39 Å². The molecule has 3 nitrogen and oxygen atoms in total. The number of H-pyrrole nitrogens is 1. The number of fused-ring (bicyclic) bond motifs is 1. The van der Waals surface area contributed by atoms with Crippen molar-refractivity contribution < 1.29 is 14.3 Å². The van der Waals surface area contributed by atoms with E-state index in [9.17, 15) is 9.18 Å². The quantitative estimate of drug-likeness (QED) is 0.703. The van der Waals surface area contributed by atoms with Crippen LogP contribution in [0, 0.1) is 5.82 Å². The van der Waals surface area contributed by atoms with Gasteiger partial charge in [-0.15, -0.1) is 0 Å². The molecule has 0 fully saturated rings. The van der Waals surface area contributed by atoms with Crippen molar-refractivity contribution in [3.8, 4) is 0 Å². The van der Waals surface area contributed by atoms with Gasteiger partial charge in [0.2, 0.25) is 0 Å². The number of carbonyl (C=O) groups is 1. The van der Waals surface area contributed by atoms with Crippen LogP contribution in [0.3, 0.4) is 0 Å². The summed E-state index contributed by atoms with van der Waals surface area (Å²) in [4.78, 5) is 13.3. The highest BCUT2D eigenvalue weighted by atomic mass is 19.1. The van der Waals surface area contributed by atoms with Crippen molar-refractivity contribution in [3.05, 3.63) is 35.8 Å². The lowest BCUT2D eigenvalue weighted by molar-refractivity contribution is 0.0699. The average molecular weight is 179 g/mol. The van der Waals surface area contributed by atoms with E-state index < -0.39 is 11.8 Å². The molecular weight excluding hydrogens is 173 g/mol. The first-order valence-electron chi connectivity index (χ1n) is 3.69. The topological polar surface area (TPSA) is 53.1 Å². The van der Waals surface area contributed by atoms with Gasteiger partial charge in [0, 0.05) is 17.1 Å². The fourth-order valence-corrected chi connectivity index (χ4v) is 1.31. The van der Waals surface area contributed by atoms with E-state index in [1.165, 1.54) is 18.3 Å². The number of aromatic nitrogens is 1. The summed E-state index contributed by atoms with van der Waals surface area (Å²) >= 11 is 0. The molecule has 1 heterocycles. The Hall–Kier alpha value is -1.84. The molecule has 0 aliphatic carbocycles. The molecule has 0 amide bonds. The van der Waals surface area contributed by atoms with Crippen molar-refractivity contribution in [1.82, 2.24) is 4.98 Å². The van der Waals surface area contributed by atoms with Crippen LogP contribution in [-0.2, 0) is 0 Å². The van der Waals surface area contributed by atoms with Crippen molar-refractivity contribution in [2.24, 2.45) is 0 Å². The van der Waals surface area contributed by atoms with Gasteiger partial charge in [-0.3, -0.25) is 0 Å². The zero-order valence-corrected chi connectivity index (χ0v) is 6.54. The van der Waals surface area contributed by atoms with Gasteiger partial charge < -0.3 is 10.1 Å². The number of hydrogen-bond donors (Lipinski definition) is 2. The number of halogens is 1. The average Bonchev–Trinajstić information content (AvgIpc) is 2.49. The summed E-state index contributed by atoms with van der Waals surface area (Å²) < 4.78 is 13.2. The van der Waals surface area contributed by atoms with Crippen molar-refractivity contribution in [2.75, 3.05) is 0 Å². The highest BCUT2D eigenvalue weighted by Gasteiger charge is 2.13. The third-order valence-electron chi connectivity index (χ3n) is 1.89. The van der Waals surface area contributed by atoms with Crippen LogP contribution >= 0.6 is 0 Å². The summed E-state index contributed by atoms with van der Waals surface area (Å²) in [6, 6.07) is 4.40. The number of aromatic carboxylic acids is 1. The maximum absolute atomic E-state index is 13.2. The van der Waals surface area contributed by atoms with Gasteiger partial charge in [0.15, 0.2) is 0 Å². The molecule has 2 rings (SSSR count). The standard InChI is InChI=1S/C9H6FNO2/c10-6-2-1-3-7-8(6)5(4-11-7)9(12)13/h1-4,11H,(H,12,13). The summed E-state index contributed by atoms with van der Waals surface area (Å²) in [6.45, 7) is 0. The molecule has 0 bridgehead atoms. The summed E-state index contributed by atoms with van der Waals surface area (Å²) in [7, 11) is 0. The lowest BCUT2D eigenvalue weighted by Crippen LogP contribution is -1.94. The number of benzene rings is 1. The minimum Gasteiger partial charge on any atom is -0.478 e. The van der Waals surface area contributed by atoms with E-state index in [-0.39, 0.29) is 10.9 Å². The van der Waals surface area contributed by atoms with Gasteiger partial charge in [0.25, 0.3) is 0 Å². The third-order valence-corrected chi connectivity index (χ3v) is 1.89. The van der Waals surface area contributed by atoms with Crippen LogP contribution in [0.1, 0.15) is 10.4 Å². The molecule has 1 aromatic carbocycles. The molecule has 4 heteroatoms. The van der Waals surface area contributed by atoms with Crippen molar-refractivity contribution >= 4 is 16.9 Å². The molecular formula is C9H6FNO2. The maximum atomic E-state index is 13.2. The molecule has 0 aliphatic rings. The molecule has 1 aromatic heterocycles. The van der Waals surface area contributed by atoms with Gasteiger partial charge >= 0.3 is 5.97 Å². The van der Waals surface area contributed by atoms with Gasteiger partial charge in [-0.2, -0.15) is 0 Å². The van der Waals surface area contributed by atoms with Crippen LogP contribution in [0.25, 0.3) is 10.9 Å². The zero-order valence-electron chi connectivity index (χ0n) is 6.54. The summed E-state index contributed by atoms with van der Waals surface area (Å²) in [5, 5.41) is 8.84. The molecule has 0 saturated carbocycles. The lowest BCUT2D eigenvalue weighted by atomic mass is 10.2. The largest absolute Gasteiger partial charge is 0.478 e. The maximum Gasteiger partial charge on any atom is 0.337 e.